The first-order valence-electron chi connectivity index (χ1n) is 1.79. The molecule has 1 atom stereocenters. The normalized spacial score (nSPS) is 11.6. The minimum atomic E-state index is -0.986. The average molecular weight is 132 g/mol. The number of carbonyl (C=O) groups is 1. The fraction of sp³-hybridized carbons (Fsp3) is 0.200. The number of carbonyl (C=O) groups excluding carboxylic acids is 1. The number of halogens is 1. The lowest BCUT2D eigenvalue weighted by Gasteiger charge is -1.98. The minimum Gasteiger partial charge on any atom is -0.434 e. The van der Waals surface area contributed by atoms with Crippen molar-refractivity contribution in [2.45, 2.75) is 5.56 Å². The van der Waals surface area contributed by atoms with Crippen molar-refractivity contribution >= 4 is 17.6 Å². The van der Waals surface area contributed by atoms with Gasteiger partial charge in [-0.05, 0) is 5.92 Å². The Balaban J connectivity index is 3.43. The summed E-state index contributed by atoms with van der Waals surface area (Å²) >= 11 is 5.14. The molecule has 0 saturated heterocycles. The summed E-state index contributed by atoms with van der Waals surface area (Å²) in [6.07, 6.45) is 4.73. The number of alkyl halides is 1. The number of ether oxygens (including phenoxy) is 1. The van der Waals surface area contributed by atoms with E-state index in [0.717, 1.165) is 0 Å². The molecule has 43 valence electrons. The van der Waals surface area contributed by atoms with E-state index in [-0.39, 0.29) is 0 Å². The molecule has 0 aliphatic carbocycles. The highest BCUT2D eigenvalue weighted by atomic mass is 35.5. The molecule has 0 rings (SSSR count). The number of terminal acetylenes is 1. The van der Waals surface area contributed by atoms with Crippen molar-refractivity contribution in [1.82, 2.24) is 0 Å². The Morgan fingerprint density at radius 1 is 2.00 bits per heavy atom. The van der Waals surface area contributed by atoms with Gasteiger partial charge in [0.2, 0.25) is 5.56 Å². The Bertz CT molecular complexity index is 125. The van der Waals surface area contributed by atoms with Crippen molar-refractivity contribution in [1.29, 1.82) is 0 Å². The van der Waals surface area contributed by atoms with Gasteiger partial charge in [-0.25, -0.2) is 0 Å². The van der Waals surface area contributed by atoms with Crippen LogP contribution < -0.4 is 0 Å². The highest BCUT2D eigenvalue weighted by Gasteiger charge is 1.99. The summed E-state index contributed by atoms with van der Waals surface area (Å²) in [6.45, 7) is 2.89. The zero-order valence-corrected chi connectivity index (χ0v) is 4.81. The van der Waals surface area contributed by atoms with Crippen LogP contribution >= 0.6 is 11.6 Å². The maximum Gasteiger partial charge on any atom is 0.308 e. The Morgan fingerprint density at radius 2 is 2.50 bits per heavy atom. The molecule has 0 saturated carbocycles. The standard InChI is InChI=1S/C5H4ClO2/c1-3-5(6)8-4(2)7/h1,5H,2H2. The van der Waals surface area contributed by atoms with Crippen LogP contribution in [-0.2, 0) is 9.53 Å². The molecule has 3 heteroatoms. The van der Waals surface area contributed by atoms with E-state index in [1.165, 1.54) is 0 Å². The molecule has 1 unspecified atom stereocenters. The topological polar surface area (TPSA) is 26.3 Å². The van der Waals surface area contributed by atoms with Crippen molar-refractivity contribution in [2.24, 2.45) is 0 Å². The van der Waals surface area contributed by atoms with Crippen molar-refractivity contribution in [3.05, 3.63) is 6.92 Å². The molecule has 0 aliphatic heterocycles. The van der Waals surface area contributed by atoms with Crippen LogP contribution in [0.25, 0.3) is 0 Å². The van der Waals surface area contributed by atoms with E-state index in [1.54, 1.807) is 0 Å². The lowest BCUT2D eigenvalue weighted by atomic mass is 10.7. The van der Waals surface area contributed by atoms with Gasteiger partial charge in [-0.15, -0.1) is 6.42 Å². The van der Waals surface area contributed by atoms with E-state index in [1.807, 2.05) is 5.92 Å². The summed E-state index contributed by atoms with van der Waals surface area (Å²) in [4.78, 5) is 9.90. The Morgan fingerprint density at radius 3 is 2.62 bits per heavy atom. The molecule has 0 fully saturated rings. The molecule has 0 bridgehead atoms. The zero-order chi connectivity index (χ0) is 6.57. The van der Waals surface area contributed by atoms with Crippen LogP contribution in [0.3, 0.4) is 0 Å². The number of hydrogen-bond acceptors (Lipinski definition) is 2. The summed E-state index contributed by atoms with van der Waals surface area (Å²) in [6, 6.07) is 0. The van der Waals surface area contributed by atoms with Crippen LogP contribution in [0, 0.1) is 19.3 Å². The van der Waals surface area contributed by atoms with Crippen LogP contribution in [0.1, 0.15) is 0 Å². The van der Waals surface area contributed by atoms with Gasteiger partial charge in [-0.3, -0.25) is 4.79 Å². The lowest BCUT2D eigenvalue weighted by Crippen LogP contribution is -2.06. The summed E-state index contributed by atoms with van der Waals surface area (Å²) in [5.41, 5.74) is -0.986. The molecule has 2 nitrogen and oxygen atoms in total. The van der Waals surface area contributed by atoms with Crippen LogP contribution in [0.2, 0.25) is 0 Å². The molecule has 0 aromatic heterocycles. The SMILES string of the molecule is C#CC(Cl)OC([CH2])=O. The molecule has 8 heavy (non-hydrogen) atoms. The van der Waals surface area contributed by atoms with Gasteiger partial charge in [0.25, 0.3) is 0 Å². The van der Waals surface area contributed by atoms with Crippen molar-refractivity contribution < 1.29 is 9.53 Å². The molecule has 1 radical (unpaired) electrons. The monoisotopic (exact) mass is 131 g/mol. The highest BCUT2D eigenvalue weighted by molar-refractivity contribution is 6.22. The fourth-order valence-corrected chi connectivity index (χ4v) is 0.249. The zero-order valence-electron chi connectivity index (χ0n) is 4.06. The summed E-state index contributed by atoms with van der Waals surface area (Å²) in [5, 5.41) is 0. The second kappa shape index (κ2) is 3.34. The molecular formula is C5H4ClO2. The summed E-state index contributed by atoms with van der Waals surface area (Å²) in [7, 11) is 0. The predicted octanol–water partition coefficient (Wildman–Crippen LogP) is 0.562. The maximum absolute atomic E-state index is 9.90. The van der Waals surface area contributed by atoms with Gasteiger partial charge >= 0.3 is 5.97 Å². The first kappa shape index (κ1) is 7.32. The van der Waals surface area contributed by atoms with Crippen molar-refractivity contribution in [3.63, 3.8) is 0 Å². The summed E-state index contributed by atoms with van der Waals surface area (Å²) < 4.78 is 4.18. The Hall–Kier alpha value is -0.680. The molecule has 0 aliphatic rings. The van der Waals surface area contributed by atoms with Gasteiger partial charge in [-0.2, -0.15) is 0 Å². The first-order valence-corrected chi connectivity index (χ1v) is 2.23. The average Bonchev–Trinajstić information content (AvgIpc) is 1.65. The highest BCUT2D eigenvalue weighted by Crippen LogP contribution is 1.94. The van der Waals surface area contributed by atoms with Gasteiger partial charge in [0, 0.05) is 0 Å². The van der Waals surface area contributed by atoms with E-state index >= 15 is 0 Å². The minimum absolute atomic E-state index is 0.719. The summed E-state index contributed by atoms with van der Waals surface area (Å²) in [5.74, 6) is 1.26. The van der Waals surface area contributed by atoms with Gasteiger partial charge < -0.3 is 4.74 Å². The smallest absolute Gasteiger partial charge is 0.308 e. The van der Waals surface area contributed by atoms with E-state index in [0.29, 0.717) is 0 Å². The molecule has 0 amide bonds. The van der Waals surface area contributed by atoms with Crippen LogP contribution in [0.5, 0.6) is 0 Å². The second-order valence-electron chi connectivity index (χ2n) is 0.973. The van der Waals surface area contributed by atoms with Gasteiger partial charge in [0.15, 0.2) is 0 Å². The molecule has 0 aromatic rings. The van der Waals surface area contributed by atoms with Crippen LogP contribution in [0.4, 0.5) is 0 Å². The maximum atomic E-state index is 9.90. The predicted molar refractivity (Wildman–Crippen MR) is 29.9 cm³/mol. The third-order valence-electron chi connectivity index (χ3n) is 0.366. The Kier molecular flexibility index (Phi) is 3.05. The largest absolute Gasteiger partial charge is 0.434 e. The third kappa shape index (κ3) is 3.51. The third-order valence-corrected chi connectivity index (χ3v) is 0.581. The molecule has 0 N–H and O–H groups in total. The fourth-order valence-electron chi connectivity index (χ4n) is 0.149. The first-order chi connectivity index (χ1) is 3.66. The van der Waals surface area contributed by atoms with E-state index in [4.69, 9.17) is 18.0 Å². The molecule has 0 heterocycles. The number of esters is 1. The van der Waals surface area contributed by atoms with Crippen molar-refractivity contribution in [2.75, 3.05) is 0 Å². The van der Waals surface area contributed by atoms with E-state index < -0.39 is 11.5 Å². The van der Waals surface area contributed by atoms with Gasteiger partial charge in [-0.1, -0.05) is 11.6 Å². The quantitative estimate of drug-likeness (QED) is 0.295. The number of rotatable bonds is 1. The van der Waals surface area contributed by atoms with Gasteiger partial charge in [0.1, 0.15) is 0 Å². The second-order valence-corrected chi connectivity index (χ2v) is 1.37. The van der Waals surface area contributed by atoms with Gasteiger partial charge in [0.05, 0.1) is 6.92 Å². The lowest BCUT2D eigenvalue weighted by molar-refractivity contribution is -0.138. The van der Waals surface area contributed by atoms with E-state index in [2.05, 4.69) is 11.7 Å². The molecule has 0 aromatic carbocycles. The van der Waals surface area contributed by atoms with Crippen molar-refractivity contribution in [3.8, 4) is 12.3 Å². The van der Waals surface area contributed by atoms with Crippen LogP contribution in [-0.4, -0.2) is 11.5 Å². The van der Waals surface area contributed by atoms with Crippen LogP contribution in [0.15, 0.2) is 0 Å². The molecule has 0 spiro atoms. The Labute approximate surface area is 52.8 Å². The van der Waals surface area contributed by atoms with E-state index in [9.17, 15) is 4.79 Å². The number of hydrogen-bond donors (Lipinski definition) is 0. The molecular weight excluding hydrogens is 128 g/mol.